The van der Waals surface area contributed by atoms with E-state index in [1.165, 1.54) is 6.26 Å². The van der Waals surface area contributed by atoms with E-state index < -0.39 is 0 Å². The number of furan rings is 1. The topological polar surface area (TPSA) is 71.3 Å². The molecule has 1 aromatic carbocycles. The van der Waals surface area contributed by atoms with Gasteiger partial charge in [0.2, 0.25) is 0 Å². The number of amides is 2. The second-order valence-electron chi connectivity index (χ2n) is 4.35. The number of carbonyl (C=O) groups excluding carboxylic acids is 2. The minimum absolute atomic E-state index is 0.125. The van der Waals surface area contributed by atoms with Gasteiger partial charge in [-0.1, -0.05) is 15.9 Å². The van der Waals surface area contributed by atoms with Crippen molar-refractivity contribution in [1.29, 1.82) is 0 Å². The first kappa shape index (κ1) is 15.3. The fourth-order valence-corrected chi connectivity index (χ4v) is 1.95. The molecule has 0 aliphatic heterocycles. The van der Waals surface area contributed by atoms with Crippen LogP contribution in [0, 0.1) is 0 Å². The quantitative estimate of drug-likeness (QED) is 0.786. The first-order chi connectivity index (χ1) is 10.2. The Kier molecular flexibility index (Phi) is 5.57. The van der Waals surface area contributed by atoms with E-state index in [0.29, 0.717) is 25.1 Å². The molecule has 0 fully saturated rings. The Morgan fingerprint density at radius 3 is 2.29 bits per heavy atom. The Bertz CT molecular complexity index is 594. The van der Waals surface area contributed by atoms with Crippen molar-refractivity contribution >= 4 is 27.7 Å². The lowest BCUT2D eigenvalue weighted by atomic mass is 10.2. The van der Waals surface area contributed by atoms with Crippen LogP contribution < -0.4 is 10.6 Å². The van der Waals surface area contributed by atoms with Gasteiger partial charge in [0.25, 0.3) is 11.8 Å². The van der Waals surface area contributed by atoms with Crippen molar-refractivity contribution in [3.8, 4) is 0 Å². The lowest BCUT2D eigenvalue weighted by Crippen LogP contribution is -2.29. The number of halogens is 1. The zero-order valence-corrected chi connectivity index (χ0v) is 12.9. The molecule has 0 radical (unpaired) electrons. The molecule has 2 rings (SSSR count). The van der Waals surface area contributed by atoms with Gasteiger partial charge >= 0.3 is 0 Å². The van der Waals surface area contributed by atoms with Crippen LogP contribution in [0.2, 0.25) is 0 Å². The predicted octanol–water partition coefficient (Wildman–Crippen LogP) is 2.59. The lowest BCUT2D eigenvalue weighted by molar-refractivity contribution is 0.0925. The molecule has 0 saturated heterocycles. The maximum absolute atomic E-state index is 11.8. The van der Waals surface area contributed by atoms with Gasteiger partial charge in [0.15, 0.2) is 5.76 Å². The normalized spacial score (nSPS) is 10.1. The molecular weight excluding hydrogens is 336 g/mol. The third kappa shape index (κ3) is 4.75. The summed E-state index contributed by atoms with van der Waals surface area (Å²) in [5, 5.41) is 5.51. The molecule has 0 bridgehead atoms. The van der Waals surface area contributed by atoms with Gasteiger partial charge in [-0.05, 0) is 42.8 Å². The van der Waals surface area contributed by atoms with Crippen molar-refractivity contribution in [2.45, 2.75) is 6.42 Å². The molecule has 1 aromatic heterocycles. The highest BCUT2D eigenvalue weighted by molar-refractivity contribution is 9.10. The van der Waals surface area contributed by atoms with Crippen LogP contribution in [0.5, 0.6) is 0 Å². The van der Waals surface area contributed by atoms with Crippen LogP contribution in [0.4, 0.5) is 0 Å². The molecule has 0 aliphatic rings. The van der Waals surface area contributed by atoms with Gasteiger partial charge in [-0.15, -0.1) is 0 Å². The minimum atomic E-state index is -0.251. The van der Waals surface area contributed by atoms with E-state index in [1.807, 2.05) is 12.1 Å². The molecule has 0 aliphatic carbocycles. The second-order valence-corrected chi connectivity index (χ2v) is 5.27. The average Bonchev–Trinajstić information content (AvgIpc) is 3.01. The summed E-state index contributed by atoms with van der Waals surface area (Å²) in [6, 6.07) is 10.4. The van der Waals surface area contributed by atoms with E-state index in [0.717, 1.165) is 4.47 Å². The summed E-state index contributed by atoms with van der Waals surface area (Å²) in [6.07, 6.45) is 2.10. The number of nitrogens with one attached hydrogen (secondary N) is 2. The molecule has 0 unspecified atom stereocenters. The maximum atomic E-state index is 11.8. The van der Waals surface area contributed by atoms with Crippen molar-refractivity contribution in [2.24, 2.45) is 0 Å². The molecule has 110 valence electrons. The smallest absolute Gasteiger partial charge is 0.286 e. The maximum Gasteiger partial charge on any atom is 0.286 e. The molecule has 2 amide bonds. The van der Waals surface area contributed by atoms with Gasteiger partial charge in [-0.2, -0.15) is 0 Å². The highest BCUT2D eigenvalue weighted by atomic mass is 79.9. The molecule has 6 heteroatoms. The van der Waals surface area contributed by atoms with Crippen molar-refractivity contribution < 1.29 is 14.0 Å². The summed E-state index contributed by atoms with van der Waals surface area (Å²) in [4.78, 5) is 23.4. The van der Waals surface area contributed by atoms with Gasteiger partial charge in [-0.3, -0.25) is 9.59 Å². The monoisotopic (exact) mass is 350 g/mol. The molecular formula is C15H15BrN2O3. The Morgan fingerprint density at radius 2 is 1.67 bits per heavy atom. The molecule has 0 saturated carbocycles. The summed E-state index contributed by atoms with van der Waals surface area (Å²) >= 11 is 3.32. The van der Waals surface area contributed by atoms with Crippen molar-refractivity contribution in [3.05, 3.63) is 58.5 Å². The van der Waals surface area contributed by atoms with Crippen LogP contribution in [0.15, 0.2) is 51.6 Å². The Morgan fingerprint density at radius 1 is 1.00 bits per heavy atom. The number of hydrogen-bond acceptors (Lipinski definition) is 3. The number of rotatable bonds is 6. The van der Waals surface area contributed by atoms with E-state index in [2.05, 4.69) is 26.6 Å². The van der Waals surface area contributed by atoms with Crippen LogP contribution in [0.3, 0.4) is 0 Å². The average molecular weight is 351 g/mol. The second kappa shape index (κ2) is 7.64. The predicted molar refractivity (Wildman–Crippen MR) is 82.1 cm³/mol. The highest BCUT2D eigenvalue weighted by Gasteiger charge is 2.07. The molecule has 2 N–H and O–H groups in total. The zero-order valence-electron chi connectivity index (χ0n) is 11.3. The Hall–Kier alpha value is -2.08. The fraction of sp³-hybridized carbons (Fsp3) is 0.200. The van der Waals surface area contributed by atoms with Crippen LogP contribution in [0.25, 0.3) is 0 Å². The van der Waals surface area contributed by atoms with E-state index in [-0.39, 0.29) is 17.6 Å². The molecule has 21 heavy (non-hydrogen) atoms. The number of carbonyl (C=O) groups is 2. The van der Waals surface area contributed by atoms with Crippen molar-refractivity contribution in [1.82, 2.24) is 10.6 Å². The van der Waals surface area contributed by atoms with Gasteiger partial charge in [0.1, 0.15) is 0 Å². The first-order valence-corrected chi connectivity index (χ1v) is 7.31. The third-order valence-corrected chi connectivity index (χ3v) is 3.30. The number of hydrogen-bond donors (Lipinski definition) is 2. The third-order valence-electron chi connectivity index (χ3n) is 2.78. The van der Waals surface area contributed by atoms with Crippen molar-refractivity contribution in [2.75, 3.05) is 13.1 Å². The van der Waals surface area contributed by atoms with E-state index in [9.17, 15) is 9.59 Å². The highest BCUT2D eigenvalue weighted by Crippen LogP contribution is 2.10. The van der Waals surface area contributed by atoms with E-state index in [4.69, 9.17) is 4.42 Å². The number of benzene rings is 1. The largest absolute Gasteiger partial charge is 0.459 e. The van der Waals surface area contributed by atoms with Crippen LogP contribution in [-0.2, 0) is 0 Å². The van der Waals surface area contributed by atoms with Crippen LogP contribution >= 0.6 is 15.9 Å². The molecule has 2 aromatic rings. The van der Waals surface area contributed by atoms with E-state index in [1.54, 1.807) is 24.3 Å². The summed E-state index contributed by atoms with van der Waals surface area (Å²) in [6.45, 7) is 0.966. The summed E-state index contributed by atoms with van der Waals surface area (Å²) in [7, 11) is 0. The Labute approximate surface area is 130 Å². The van der Waals surface area contributed by atoms with Gasteiger partial charge in [0.05, 0.1) is 6.26 Å². The summed E-state index contributed by atoms with van der Waals surface area (Å²) in [5.41, 5.74) is 0.609. The van der Waals surface area contributed by atoms with Crippen LogP contribution in [0.1, 0.15) is 27.3 Å². The molecule has 1 heterocycles. The standard InChI is InChI=1S/C15H15BrN2O3/c16-12-6-4-11(5-7-12)14(19)17-8-2-9-18-15(20)13-3-1-10-21-13/h1,3-7,10H,2,8-9H2,(H,17,19)(H,18,20). The lowest BCUT2D eigenvalue weighted by Gasteiger charge is -2.06. The molecule has 5 nitrogen and oxygen atoms in total. The van der Waals surface area contributed by atoms with Crippen molar-refractivity contribution in [3.63, 3.8) is 0 Å². The summed E-state index contributed by atoms with van der Waals surface area (Å²) < 4.78 is 5.90. The molecule has 0 atom stereocenters. The Balaban J connectivity index is 1.64. The first-order valence-electron chi connectivity index (χ1n) is 6.52. The zero-order chi connectivity index (χ0) is 15.1. The fourth-order valence-electron chi connectivity index (χ4n) is 1.69. The minimum Gasteiger partial charge on any atom is -0.459 e. The SMILES string of the molecule is O=C(NCCCNC(=O)c1ccco1)c1ccc(Br)cc1. The van der Waals surface area contributed by atoms with Gasteiger partial charge in [-0.25, -0.2) is 0 Å². The van der Waals surface area contributed by atoms with Gasteiger partial charge < -0.3 is 15.1 Å². The van der Waals surface area contributed by atoms with E-state index >= 15 is 0 Å². The molecule has 0 spiro atoms. The van der Waals surface area contributed by atoms with Gasteiger partial charge in [0, 0.05) is 23.1 Å². The summed E-state index contributed by atoms with van der Waals surface area (Å²) in [5.74, 6) is -0.0898. The van der Waals surface area contributed by atoms with Crippen LogP contribution in [-0.4, -0.2) is 24.9 Å².